The van der Waals surface area contributed by atoms with Crippen LogP contribution >= 0.6 is 0 Å². The van der Waals surface area contributed by atoms with Crippen molar-refractivity contribution in [1.82, 2.24) is 20.4 Å². The molecule has 0 unspecified atom stereocenters. The number of pyridine rings is 1. The van der Waals surface area contributed by atoms with Crippen molar-refractivity contribution in [3.8, 4) is 11.4 Å². The molecule has 16 heavy (non-hydrogen) atoms. The van der Waals surface area contributed by atoms with Crippen molar-refractivity contribution < 1.29 is 4.52 Å². The van der Waals surface area contributed by atoms with Crippen molar-refractivity contribution in [2.24, 2.45) is 0 Å². The molecule has 0 amide bonds. The smallest absolute Gasteiger partial charge is 0.240 e. The van der Waals surface area contributed by atoms with E-state index in [1.807, 2.05) is 12.1 Å². The van der Waals surface area contributed by atoms with Crippen LogP contribution < -0.4 is 5.32 Å². The molecule has 2 heterocycles. The lowest BCUT2D eigenvalue weighted by molar-refractivity contribution is 0.368. The van der Waals surface area contributed by atoms with E-state index in [4.69, 9.17) is 4.52 Å². The summed E-state index contributed by atoms with van der Waals surface area (Å²) < 4.78 is 5.11. The quantitative estimate of drug-likeness (QED) is 0.773. The third-order valence-corrected chi connectivity index (χ3v) is 2.09. The Morgan fingerprint density at radius 3 is 3.12 bits per heavy atom. The summed E-state index contributed by atoms with van der Waals surface area (Å²) in [6.07, 6.45) is 4.52. The van der Waals surface area contributed by atoms with Gasteiger partial charge in [0, 0.05) is 18.0 Å². The third-order valence-electron chi connectivity index (χ3n) is 2.09. The van der Waals surface area contributed by atoms with Crippen molar-refractivity contribution in [3.63, 3.8) is 0 Å². The second-order valence-electron chi connectivity index (χ2n) is 3.43. The molecule has 0 bridgehead atoms. The number of aromatic nitrogens is 3. The Kier molecular flexibility index (Phi) is 3.61. The molecule has 0 atom stereocenters. The molecule has 0 fully saturated rings. The summed E-state index contributed by atoms with van der Waals surface area (Å²) in [4.78, 5) is 8.28. The third kappa shape index (κ3) is 2.64. The van der Waals surface area contributed by atoms with E-state index in [1.54, 1.807) is 12.4 Å². The summed E-state index contributed by atoms with van der Waals surface area (Å²) >= 11 is 0. The number of hydrogen-bond donors (Lipinski definition) is 1. The average Bonchev–Trinajstić information content (AvgIpc) is 2.79. The molecule has 0 aliphatic heterocycles. The van der Waals surface area contributed by atoms with Gasteiger partial charge in [-0.3, -0.25) is 4.98 Å². The van der Waals surface area contributed by atoms with Gasteiger partial charge in [-0.2, -0.15) is 4.98 Å². The molecule has 0 radical (unpaired) electrons. The first-order chi connectivity index (χ1) is 7.90. The Bertz CT molecular complexity index is 427. The van der Waals surface area contributed by atoms with Gasteiger partial charge in [0.2, 0.25) is 11.7 Å². The van der Waals surface area contributed by atoms with Gasteiger partial charge < -0.3 is 9.84 Å². The van der Waals surface area contributed by atoms with Crippen LogP contribution in [0.4, 0.5) is 0 Å². The van der Waals surface area contributed by atoms with E-state index in [2.05, 4.69) is 27.4 Å². The van der Waals surface area contributed by atoms with Gasteiger partial charge in [-0.25, -0.2) is 0 Å². The Morgan fingerprint density at radius 1 is 1.44 bits per heavy atom. The fraction of sp³-hybridized carbons (Fsp3) is 0.364. The zero-order valence-corrected chi connectivity index (χ0v) is 9.18. The summed E-state index contributed by atoms with van der Waals surface area (Å²) in [5.41, 5.74) is 0.869. The maximum absolute atomic E-state index is 5.11. The fourth-order valence-electron chi connectivity index (χ4n) is 1.31. The molecule has 0 saturated heterocycles. The number of nitrogens with zero attached hydrogens (tertiary/aromatic N) is 3. The zero-order chi connectivity index (χ0) is 11.2. The Balaban J connectivity index is 2.02. The summed E-state index contributed by atoms with van der Waals surface area (Å²) in [6, 6.07) is 3.75. The maximum atomic E-state index is 5.11. The van der Waals surface area contributed by atoms with E-state index in [0.717, 1.165) is 18.5 Å². The Morgan fingerprint density at radius 2 is 2.38 bits per heavy atom. The van der Waals surface area contributed by atoms with Crippen LogP contribution in [0.1, 0.15) is 19.2 Å². The minimum Gasteiger partial charge on any atom is -0.338 e. The van der Waals surface area contributed by atoms with E-state index in [-0.39, 0.29) is 0 Å². The van der Waals surface area contributed by atoms with Gasteiger partial charge in [-0.05, 0) is 25.1 Å². The van der Waals surface area contributed by atoms with Crippen LogP contribution in [0.15, 0.2) is 29.0 Å². The van der Waals surface area contributed by atoms with Gasteiger partial charge in [0.1, 0.15) is 0 Å². The van der Waals surface area contributed by atoms with Crippen molar-refractivity contribution in [2.75, 3.05) is 6.54 Å². The molecule has 2 rings (SSSR count). The predicted molar refractivity (Wildman–Crippen MR) is 59.5 cm³/mol. The highest BCUT2D eigenvalue weighted by atomic mass is 16.5. The summed E-state index contributed by atoms with van der Waals surface area (Å²) in [5, 5.41) is 7.10. The standard InChI is InChI=1S/C11H14N4O/c1-2-5-12-8-10-14-11(15-16-10)9-4-3-6-13-7-9/h3-4,6-7,12H,2,5,8H2,1H3. The predicted octanol–water partition coefficient (Wildman–Crippen LogP) is 1.63. The fourth-order valence-corrected chi connectivity index (χ4v) is 1.31. The Hall–Kier alpha value is -1.75. The normalized spacial score (nSPS) is 10.6. The molecule has 5 nitrogen and oxygen atoms in total. The van der Waals surface area contributed by atoms with Crippen LogP contribution in [0.2, 0.25) is 0 Å². The van der Waals surface area contributed by atoms with E-state index in [1.165, 1.54) is 0 Å². The van der Waals surface area contributed by atoms with Crippen LogP contribution in [0.5, 0.6) is 0 Å². The second-order valence-corrected chi connectivity index (χ2v) is 3.43. The minimum atomic E-state index is 0.585. The lowest BCUT2D eigenvalue weighted by Crippen LogP contribution is -2.13. The highest BCUT2D eigenvalue weighted by Gasteiger charge is 2.07. The van der Waals surface area contributed by atoms with E-state index < -0.39 is 0 Å². The molecular formula is C11H14N4O. The molecule has 0 aromatic carbocycles. The first-order valence-electron chi connectivity index (χ1n) is 5.34. The molecule has 0 spiro atoms. The topological polar surface area (TPSA) is 63.8 Å². The molecule has 84 valence electrons. The largest absolute Gasteiger partial charge is 0.338 e. The van der Waals surface area contributed by atoms with Crippen LogP contribution in [0.25, 0.3) is 11.4 Å². The second kappa shape index (κ2) is 5.37. The first kappa shape index (κ1) is 10.8. The summed E-state index contributed by atoms with van der Waals surface area (Å²) in [5.74, 6) is 1.19. The van der Waals surface area contributed by atoms with E-state index in [9.17, 15) is 0 Å². The van der Waals surface area contributed by atoms with E-state index in [0.29, 0.717) is 18.3 Å². The zero-order valence-electron chi connectivity index (χ0n) is 9.18. The van der Waals surface area contributed by atoms with Crippen LogP contribution in [-0.4, -0.2) is 21.7 Å². The molecule has 0 aliphatic carbocycles. The van der Waals surface area contributed by atoms with Gasteiger partial charge in [0.25, 0.3) is 0 Å². The summed E-state index contributed by atoms with van der Waals surface area (Å²) in [7, 11) is 0. The molecular weight excluding hydrogens is 204 g/mol. The van der Waals surface area contributed by atoms with E-state index >= 15 is 0 Å². The van der Waals surface area contributed by atoms with Crippen molar-refractivity contribution in [1.29, 1.82) is 0 Å². The lowest BCUT2D eigenvalue weighted by Gasteiger charge is -1.95. The first-order valence-corrected chi connectivity index (χ1v) is 5.34. The minimum absolute atomic E-state index is 0.585. The highest BCUT2D eigenvalue weighted by molar-refractivity contribution is 5.51. The lowest BCUT2D eigenvalue weighted by atomic mass is 10.3. The van der Waals surface area contributed by atoms with Gasteiger partial charge in [-0.15, -0.1) is 0 Å². The average molecular weight is 218 g/mol. The SMILES string of the molecule is CCCNCc1nc(-c2cccnc2)no1. The monoisotopic (exact) mass is 218 g/mol. The molecule has 0 saturated carbocycles. The highest BCUT2D eigenvalue weighted by Crippen LogP contribution is 2.13. The van der Waals surface area contributed by atoms with Gasteiger partial charge in [0.05, 0.1) is 6.54 Å². The molecule has 2 aromatic rings. The molecule has 1 N–H and O–H groups in total. The van der Waals surface area contributed by atoms with Crippen molar-refractivity contribution in [3.05, 3.63) is 30.4 Å². The Labute approximate surface area is 93.9 Å². The van der Waals surface area contributed by atoms with Gasteiger partial charge in [0.15, 0.2) is 0 Å². The maximum Gasteiger partial charge on any atom is 0.240 e. The number of nitrogens with one attached hydrogen (secondary N) is 1. The summed E-state index contributed by atoms with van der Waals surface area (Å²) in [6.45, 7) is 3.67. The molecule has 5 heteroatoms. The van der Waals surface area contributed by atoms with Gasteiger partial charge >= 0.3 is 0 Å². The molecule has 0 aliphatic rings. The van der Waals surface area contributed by atoms with Crippen LogP contribution in [0, 0.1) is 0 Å². The van der Waals surface area contributed by atoms with Crippen LogP contribution in [0.3, 0.4) is 0 Å². The van der Waals surface area contributed by atoms with Crippen LogP contribution in [-0.2, 0) is 6.54 Å². The molecule has 2 aromatic heterocycles. The van der Waals surface area contributed by atoms with Crippen molar-refractivity contribution in [2.45, 2.75) is 19.9 Å². The number of hydrogen-bond acceptors (Lipinski definition) is 5. The number of rotatable bonds is 5. The van der Waals surface area contributed by atoms with Gasteiger partial charge in [-0.1, -0.05) is 12.1 Å². The van der Waals surface area contributed by atoms with Crippen molar-refractivity contribution >= 4 is 0 Å².